The number of rotatable bonds is 5. The fourth-order valence-electron chi connectivity index (χ4n) is 3.52. The van der Waals surface area contributed by atoms with Crippen LogP contribution in [0.4, 0.5) is 0 Å². The zero-order valence-corrected chi connectivity index (χ0v) is 15.4. The third-order valence-electron chi connectivity index (χ3n) is 4.67. The van der Waals surface area contributed by atoms with E-state index in [0.717, 1.165) is 30.4 Å². The highest BCUT2D eigenvalue weighted by Gasteiger charge is 2.29. The van der Waals surface area contributed by atoms with Gasteiger partial charge in [0, 0.05) is 24.5 Å². The predicted octanol–water partition coefficient (Wildman–Crippen LogP) is 2.68. The molecule has 0 aliphatic carbocycles. The van der Waals surface area contributed by atoms with Crippen LogP contribution in [0.15, 0.2) is 28.7 Å². The van der Waals surface area contributed by atoms with Crippen LogP contribution in [0, 0.1) is 6.92 Å². The number of carbonyl (C=O) groups excluding carboxylic acids is 1. The lowest BCUT2D eigenvalue weighted by atomic mass is 10.0. The molecule has 1 aromatic heterocycles. The minimum atomic E-state index is -3.20. The number of piperidine rings is 1. The molecule has 3 rings (SSSR count). The molecule has 1 N–H and O–H groups in total. The molecule has 0 spiro atoms. The summed E-state index contributed by atoms with van der Waals surface area (Å²) in [6.07, 6.45) is 4.64. The Morgan fingerprint density at radius 3 is 2.92 bits per heavy atom. The molecule has 1 unspecified atom stereocenters. The molecule has 1 saturated heterocycles. The summed E-state index contributed by atoms with van der Waals surface area (Å²) in [4.78, 5) is 12.5. The Labute approximate surface area is 148 Å². The van der Waals surface area contributed by atoms with E-state index in [1.54, 1.807) is 10.4 Å². The maximum Gasteiger partial charge on any atom is 0.255 e. The van der Waals surface area contributed by atoms with E-state index in [4.69, 9.17) is 4.42 Å². The zero-order chi connectivity index (χ0) is 18.0. The molecular formula is C18H24N2O4S. The Morgan fingerprint density at radius 1 is 1.36 bits per heavy atom. The van der Waals surface area contributed by atoms with Gasteiger partial charge in [-0.3, -0.25) is 4.79 Å². The molecule has 2 aromatic rings. The van der Waals surface area contributed by atoms with Crippen LogP contribution < -0.4 is 5.32 Å². The Hall–Kier alpha value is -1.86. The quantitative estimate of drug-likeness (QED) is 0.885. The third-order valence-corrected chi connectivity index (χ3v) is 6.01. The van der Waals surface area contributed by atoms with Gasteiger partial charge >= 0.3 is 0 Å². The summed E-state index contributed by atoms with van der Waals surface area (Å²) in [5.41, 5.74) is 1.10. The fraction of sp³-hybridized carbons (Fsp3) is 0.500. The lowest BCUT2D eigenvalue weighted by Crippen LogP contribution is -2.44. The van der Waals surface area contributed by atoms with E-state index in [-0.39, 0.29) is 11.9 Å². The number of fused-ring (bicyclic) bond motifs is 1. The summed E-state index contributed by atoms with van der Waals surface area (Å²) >= 11 is 0. The van der Waals surface area contributed by atoms with Gasteiger partial charge in [-0.05, 0) is 38.3 Å². The van der Waals surface area contributed by atoms with E-state index in [1.807, 2.05) is 25.1 Å². The second-order valence-electron chi connectivity index (χ2n) is 6.65. The van der Waals surface area contributed by atoms with Gasteiger partial charge in [-0.2, -0.15) is 4.31 Å². The third kappa shape index (κ3) is 4.04. The molecule has 0 radical (unpaired) electrons. The maximum absolute atomic E-state index is 12.5. The van der Waals surface area contributed by atoms with Gasteiger partial charge in [0.15, 0.2) is 0 Å². The Kier molecular flexibility index (Phi) is 5.15. The van der Waals surface area contributed by atoms with Crippen molar-refractivity contribution < 1.29 is 17.6 Å². The van der Waals surface area contributed by atoms with Crippen LogP contribution >= 0.6 is 0 Å². The molecule has 6 nitrogen and oxygen atoms in total. The summed E-state index contributed by atoms with van der Waals surface area (Å²) in [5.74, 6) is 0.572. The van der Waals surface area contributed by atoms with Crippen molar-refractivity contribution >= 4 is 26.9 Å². The molecule has 2 heterocycles. The second-order valence-corrected chi connectivity index (χ2v) is 8.58. The molecule has 1 fully saturated rings. The molecule has 25 heavy (non-hydrogen) atoms. The number of nitrogens with one attached hydrogen (secondary N) is 1. The standard InChI is InChI=1S/C18H24N2O4S/c1-13-12-14-6-5-8-16(17(14)24-13)18(21)19-10-9-15-7-3-4-11-20(15)25(2,22)23/h5-6,8,12,15H,3-4,7,9-11H2,1-2H3,(H,19,21). The van der Waals surface area contributed by atoms with Gasteiger partial charge in [0.25, 0.3) is 5.91 Å². The SMILES string of the molecule is Cc1cc2cccc(C(=O)NCCC3CCCCN3S(C)(=O)=O)c2o1. The highest BCUT2D eigenvalue weighted by molar-refractivity contribution is 7.88. The normalized spacial score (nSPS) is 19.2. The molecular weight excluding hydrogens is 340 g/mol. The minimum absolute atomic E-state index is 0.0364. The molecule has 0 bridgehead atoms. The lowest BCUT2D eigenvalue weighted by Gasteiger charge is -2.33. The lowest BCUT2D eigenvalue weighted by molar-refractivity contribution is 0.0950. The van der Waals surface area contributed by atoms with Crippen molar-refractivity contribution in [3.05, 3.63) is 35.6 Å². The number of nitrogens with zero attached hydrogens (tertiary/aromatic N) is 1. The number of carbonyl (C=O) groups is 1. The number of benzene rings is 1. The van der Waals surface area contributed by atoms with Crippen molar-refractivity contribution in [2.75, 3.05) is 19.3 Å². The highest BCUT2D eigenvalue weighted by Crippen LogP contribution is 2.24. The summed E-state index contributed by atoms with van der Waals surface area (Å²) < 4.78 is 31.0. The number of hydrogen-bond donors (Lipinski definition) is 1. The molecule has 1 aromatic carbocycles. The zero-order valence-electron chi connectivity index (χ0n) is 14.6. The predicted molar refractivity (Wildman–Crippen MR) is 97.1 cm³/mol. The summed E-state index contributed by atoms with van der Waals surface area (Å²) in [7, 11) is -3.20. The van der Waals surface area contributed by atoms with Gasteiger partial charge in [0.05, 0.1) is 11.8 Å². The number of sulfonamides is 1. The average molecular weight is 364 g/mol. The van der Waals surface area contributed by atoms with Gasteiger partial charge in [-0.1, -0.05) is 18.6 Å². The van der Waals surface area contributed by atoms with Crippen molar-refractivity contribution in [3.63, 3.8) is 0 Å². The minimum Gasteiger partial charge on any atom is -0.461 e. The Morgan fingerprint density at radius 2 is 2.16 bits per heavy atom. The maximum atomic E-state index is 12.5. The summed E-state index contributed by atoms with van der Waals surface area (Å²) in [5, 5.41) is 3.80. The second kappa shape index (κ2) is 7.17. The number of aryl methyl sites for hydroxylation is 1. The van der Waals surface area contributed by atoms with Gasteiger partial charge in [-0.25, -0.2) is 8.42 Å². The number of hydrogen-bond acceptors (Lipinski definition) is 4. The first kappa shape index (κ1) is 17.9. The molecule has 7 heteroatoms. The van der Waals surface area contributed by atoms with Crippen LogP contribution in [0.3, 0.4) is 0 Å². The number of furan rings is 1. The molecule has 1 aliphatic heterocycles. The van der Waals surface area contributed by atoms with E-state index in [2.05, 4.69) is 5.32 Å². The Balaban J connectivity index is 1.64. The van der Waals surface area contributed by atoms with Crippen molar-refractivity contribution in [3.8, 4) is 0 Å². The van der Waals surface area contributed by atoms with E-state index in [1.165, 1.54) is 6.26 Å². The summed E-state index contributed by atoms with van der Waals surface area (Å²) in [6.45, 7) is 2.86. The van der Waals surface area contributed by atoms with Crippen LogP contribution in [0.2, 0.25) is 0 Å². The van der Waals surface area contributed by atoms with Crippen LogP contribution in [0.25, 0.3) is 11.0 Å². The fourth-order valence-corrected chi connectivity index (χ4v) is 4.73. The molecule has 1 amide bonds. The van der Waals surface area contributed by atoms with E-state index in [9.17, 15) is 13.2 Å². The first-order valence-corrected chi connectivity index (χ1v) is 10.5. The number of para-hydroxylation sites is 1. The summed E-state index contributed by atoms with van der Waals surface area (Å²) in [6, 6.07) is 7.35. The first-order valence-electron chi connectivity index (χ1n) is 8.60. The average Bonchev–Trinajstić information content (AvgIpc) is 2.94. The topological polar surface area (TPSA) is 79.6 Å². The largest absolute Gasteiger partial charge is 0.461 e. The van der Waals surface area contributed by atoms with Crippen molar-refractivity contribution in [1.82, 2.24) is 9.62 Å². The van der Waals surface area contributed by atoms with Gasteiger partial charge < -0.3 is 9.73 Å². The number of amides is 1. The van der Waals surface area contributed by atoms with Gasteiger partial charge in [-0.15, -0.1) is 0 Å². The monoisotopic (exact) mass is 364 g/mol. The Bertz CT molecular complexity index is 872. The van der Waals surface area contributed by atoms with Crippen molar-refractivity contribution in [2.24, 2.45) is 0 Å². The van der Waals surface area contributed by atoms with E-state index >= 15 is 0 Å². The smallest absolute Gasteiger partial charge is 0.255 e. The van der Waals surface area contributed by atoms with Crippen LogP contribution in [0.1, 0.15) is 41.8 Å². The van der Waals surface area contributed by atoms with E-state index < -0.39 is 10.0 Å². The van der Waals surface area contributed by atoms with E-state index in [0.29, 0.717) is 30.7 Å². The van der Waals surface area contributed by atoms with Crippen molar-refractivity contribution in [1.29, 1.82) is 0 Å². The van der Waals surface area contributed by atoms with Gasteiger partial charge in [0.2, 0.25) is 10.0 Å². The van der Waals surface area contributed by atoms with Crippen LogP contribution in [-0.4, -0.2) is 44.0 Å². The molecule has 0 saturated carbocycles. The first-order chi connectivity index (χ1) is 11.9. The molecule has 136 valence electrons. The molecule has 1 aliphatic rings. The highest BCUT2D eigenvalue weighted by atomic mass is 32.2. The van der Waals surface area contributed by atoms with Gasteiger partial charge in [0.1, 0.15) is 11.3 Å². The van der Waals surface area contributed by atoms with Crippen LogP contribution in [-0.2, 0) is 10.0 Å². The van der Waals surface area contributed by atoms with Crippen LogP contribution in [0.5, 0.6) is 0 Å². The van der Waals surface area contributed by atoms with Crippen molar-refractivity contribution in [2.45, 2.75) is 38.6 Å². The molecule has 1 atom stereocenters.